The van der Waals surface area contributed by atoms with Crippen LogP contribution in [-0.4, -0.2) is 18.5 Å². The Hall–Kier alpha value is -1.35. The first-order valence-electron chi connectivity index (χ1n) is 8.42. The Bertz CT molecular complexity index is 476. The summed E-state index contributed by atoms with van der Waals surface area (Å²) in [6, 6.07) is 8.37. The summed E-state index contributed by atoms with van der Waals surface area (Å²) in [7, 11) is 0. The number of rotatable bonds is 6. The van der Waals surface area contributed by atoms with Crippen LogP contribution in [0.3, 0.4) is 0 Å². The second-order valence-electron chi connectivity index (χ2n) is 6.54. The molecule has 0 aromatic heterocycles. The first kappa shape index (κ1) is 14.6. The Kier molecular flexibility index (Phi) is 4.91. The van der Waals surface area contributed by atoms with Gasteiger partial charge in [0.15, 0.2) is 0 Å². The maximum absolute atomic E-state index is 12.5. The van der Waals surface area contributed by atoms with E-state index >= 15 is 0 Å². The SMILES string of the molecule is O=C(NC1CCCCC1)c1ccccc1CNCC1CC1. The molecular formula is C18H26N2O. The third-order valence-electron chi connectivity index (χ3n) is 4.65. The maximum Gasteiger partial charge on any atom is 0.251 e. The second kappa shape index (κ2) is 7.08. The fraction of sp³-hybridized carbons (Fsp3) is 0.611. The van der Waals surface area contributed by atoms with Crippen molar-refractivity contribution in [3.05, 3.63) is 35.4 Å². The second-order valence-corrected chi connectivity index (χ2v) is 6.54. The van der Waals surface area contributed by atoms with E-state index in [1.54, 1.807) is 0 Å². The molecule has 2 fully saturated rings. The molecule has 0 radical (unpaired) electrons. The van der Waals surface area contributed by atoms with E-state index in [1.165, 1.54) is 32.1 Å². The fourth-order valence-corrected chi connectivity index (χ4v) is 3.14. The van der Waals surface area contributed by atoms with E-state index in [0.29, 0.717) is 6.04 Å². The Morgan fingerprint density at radius 1 is 1.05 bits per heavy atom. The van der Waals surface area contributed by atoms with E-state index in [-0.39, 0.29) is 5.91 Å². The third kappa shape index (κ3) is 4.31. The summed E-state index contributed by atoms with van der Waals surface area (Å²) < 4.78 is 0. The molecule has 0 saturated heterocycles. The lowest BCUT2D eigenvalue weighted by Gasteiger charge is -2.23. The van der Waals surface area contributed by atoms with Crippen LogP contribution in [0.4, 0.5) is 0 Å². The third-order valence-corrected chi connectivity index (χ3v) is 4.65. The molecule has 1 aromatic carbocycles. The van der Waals surface area contributed by atoms with Crippen molar-refractivity contribution in [3.63, 3.8) is 0 Å². The highest BCUT2D eigenvalue weighted by Crippen LogP contribution is 2.27. The number of nitrogens with one attached hydrogen (secondary N) is 2. The Morgan fingerprint density at radius 3 is 2.57 bits per heavy atom. The number of carbonyl (C=O) groups excluding carboxylic acids is 1. The molecule has 0 atom stereocenters. The summed E-state index contributed by atoms with van der Waals surface area (Å²) in [5, 5.41) is 6.70. The van der Waals surface area contributed by atoms with Gasteiger partial charge in [0.25, 0.3) is 5.91 Å². The zero-order valence-corrected chi connectivity index (χ0v) is 12.7. The summed E-state index contributed by atoms with van der Waals surface area (Å²) >= 11 is 0. The van der Waals surface area contributed by atoms with Crippen LogP contribution in [-0.2, 0) is 6.54 Å². The minimum absolute atomic E-state index is 0.103. The summed E-state index contributed by atoms with van der Waals surface area (Å²) in [5.41, 5.74) is 1.96. The smallest absolute Gasteiger partial charge is 0.251 e. The van der Waals surface area contributed by atoms with Gasteiger partial charge < -0.3 is 10.6 Å². The topological polar surface area (TPSA) is 41.1 Å². The van der Waals surface area contributed by atoms with Gasteiger partial charge in [-0.05, 0) is 49.8 Å². The molecule has 2 saturated carbocycles. The van der Waals surface area contributed by atoms with Gasteiger partial charge >= 0.3 is 0 Å². The van der Waals surface area contributed by atoms with E-state index in [2.05, 4.69) is 16.7 Å². The lowest BCUT2D eigenvalue weighted by atomic mass is 9.95. The quantitative estimate of drug-likeness (QED) is 0.843. The van der Waals surface area contributed by atoms with Crippen molar-refractivity contribution in [1.29, 1.82) is 0 Å². The molecule has 0 bridgehead atoms. The van der Waals surface area contributed by atoms with Crippen LogP contribution in [0.25, 0.3) is 0 Å². The summed E-state index contributed by atoms with van der Waals surface area (Å²) in [4.78, 5) is 12.5. The Balaban J connectivity index is 1.58. The highest BCUT2D eigenvalue weighted by Gasteiger charge is 2.21. The Morgan fingerprint density at radius 2 is 1.81 bits per heavy atom. The highest BCUT2D eigenvalue weighted by atomic mass is 16.1. The molecule has 0 unspecified atom stereocenters. The summed E-state index contributed by atoms with van der Waals surface area (Å²) in [6.45, 7) is 1.88. The molecule has 3 rings (SSSR count). The summed E-state index contributed by atoms with van der Waals surface area (Å²) in [6.07, 6.45) is 8.79. The first-order chi connectivity index (χ1) is 10.3. The maximum atomic E-state index is 12.5. The van der Waals surface area contributed by atoms with Gasteiger partial charge in [-0.15, -0.1) is 0 Å². The van der Waals surface area contributed by atoms with Crippen molar-refractivity contribution < 1.29 is 4.79 Å². The van der Waals surface area contributed by atoms with Gasteiger partial charge in [-0.25, -0.2) is 0 Å². The molecule has 1 amide bonds. The van der Waals surface area contributed by atoms with Crippen molar-refractivity contribution in [3.8, 4) is 0 Å². The number of amides is 1. The Labute approximate surface area is 127 Å². The van der Waals surface area contributed by atoms with E-state index in [9.17, 15) is 4.79 Å². The molecule has 3 heteroatoms. The van der Waals surface area contributed by atoms with Crippen molar-refractivity contribution in [1.82, 2.24) is 10.6 Å². The standard InChI is InChI=1S/C18H26N2O/c21-18(20-16-7-2-1-3-8-16)17-9-5-4-6-15(17)13-19-12-14-10-11-14/h4-6,9,14,16,19H,1-3,7-8,10-13H2,(H,20,21). The molecule has 0 aliphatic heterocycles. The van der Waals surface area contributed by atoms with Gasteiger partial charge in [0.05, 0.1) is 0 Å². The predicted molar refractivity (Wildman–Crippen MR) is 85.2 cm³/mol. The predicted octanol–water partition coefficient (Wildman–Crippen LogP) is 3.25. The van der Waals surface area contributed by atoms with Gasteiger partial charge in [0.1, 0.15) is 0 Å². The van der Waals surface area contributed by atoms with Gasteiger partial charge in [-0.1, -0.05) is 37.5 Å². The minimum atomic E-state index is 0.103. The molecule has 2 aliphatic rings. The van der Waals surface area contributed by atoms with Gasteiger partial charge in [-0.2, -0.15) is 0 Å². The molecule has 3 nitrogen and oxygen atoms in total. The molecule has 2 N–H and O–H groups in total. The van der Waals surface area contributed by atoms with Crippen LogP contribution < -0.4 is 10.6 Å². The molecule has 0 heterocycles. The average molecular weight is 286 g/mol. The van der Waals surface area contributed by atoms with Crippen molar-refractivity contribution in [2.45, 2.75) is 57.5 Å². The van der Waals surface area contributed by atoms with Crippen molar-refractivity contribution >= 4 is 5.91 Å². The van der Waals surface area contributed by atoms with E-state index in [4.69, 9.17) is 0 Å². The molecule has 21 heavy (non-hydrogen) atoms. The molecular weight excluding hydrogens is 260 g/mol. The minimum Gasteiger partial charge on any atom is -0.349 e. The molecule has 0 spiro atoms. The fourth-order valence-electron chi connectivity index (χ4n) is 3.14. The van der Waals surface area contributed by atoms with Crippen LogP contribution in [0.15, 0.2) is 24.3 Å². The number of carbonyl (C=O) groups is 1. The number of hydrogen-bond acceptors (Lipinski definition) is 2. The van der Waals surface area contributed by atoms with Gasteiger partial charge in [0.2, 0.25) is 0 Å². The first-order valence-corrected chi connectivity index (χ1v) is 8.42. The number of hydrogen-bond donors (Lipinski definition) is 2. The van der Waals surface area contributed by atoms with E-state index in [0.717, 1.165) is 43.0 Å². The van der Waals surface area contributed by atoms with Gasteiger partial charge in [-0.3, -0.25) is 4.79 Å². The van der Waals surface area contributed by atoms with Gasteiger partial charge in [0, 0.05) is 18.2 Å². The van der Waals surface area contributed by atoms with E-state index < -0.39 is 0 Å². The lowest BCUT2D eigenvalue weighted by Crippen LogP contribution is -2.36. The largest absolute Gasteiger partial charge is 0.349 e. The van der Waals surface area contributed by atoms with Crippen molar-refractivity contribution in [2.24, 2.45) is 5.92 Å². The zero-order chi connectivity index (χ0) is 14.5. The normalized spacial score (nSPS) is 19.4. The average Bonchev–Trinajstić information content (AvgIpc) is 3.33. The van der Waals surface area contributed by atoms with E-state index in [1.807, 2.05) is 18.2 Å². The zero-order valence-electron chi connectivity index (χ0n) is 12.7. The highest BCUT2D eigenvalue weighted by molar-refractivity contribution is 5.95. The van der Waals surface area contributed by atoms with Crippen LogP contribution in [0.5, 0.6) is 0 Å². The summed E-state index contributed by atoms with van der Waals surface area (Å²) in [5.74, 6) is 0.971. The molecule has 114 valence electrons. The van der Waals surface area contributed by atoms with Crippen LogP contribution in [0.2, 0.25) is 0 Å². The monoisotopic (exact) mass is 286 g/mol. The van der Waals surface area contributed by atoms with Crippen molar-refractivity contribution in [2.75, 3.05) is 6.54 Å². The number of benzene rings is 1. The van der Waals surface area contributed by atoms with Crippen LogP contribution in [0.1, 0.15) is 60.9 Å². The lowest BCUT2D eigenvalue weighted by molar-refractivity contribution is 0.0926. The molecule has 1 aromatic rings. The van der Waals surface area contributed by atoms with Crippen LogP contribution >= 0.6 is 0 Å². The molecule has 2 aliphatic carbocycles. The van der Waals surface area contributed by atoms with Crippen LogP contribution in [0, 0.1) is 5.92 Å².